The number of carbonyl (C=O) groups is 2. The molecule has 0 spiro atoms. The lowest BCUT2D eigenvalue weighted by atomic mass is 9.97. The molecule has 0 bridgehead atoms. The van der Waals surface area contributed by atoms with Crippen molar-refractivity contribution in [2.45, 2.75) is 38.6 Å². The first-order valence-electron chi connectivity index (χ1n) is 9.83. The van der Waals surface area contributed by atoms with Crippen LogP contribution in [0.25, 0.3) is 0 Å². The van der Waals surface area contributed by atoms with E-state index in [1.807, 2.05) is 43.3 Å². The van der Waals surface area contributed by atoms with Crippen LogP contribution in [-0.2, 0) is 9.59 Å². The zero-order valence-electron chi connectivity index (χ0n) is 17.4. The number of hydrogen-bond acceptors (Lipinski definition) is 5. The van der Waals surface area contributed by atoms with E-state index in [-0.39, 0.29) is 31.2 Å². The van der Waals surface area contributed by atoms with Crippen molar-refractivity contribution in [3.05, 3.63) is 59.2 Å². The SMILES string of the molecule is COc1ccc(C2=NN(C(=O)CCCC(=O)O)[C@H](c3cccc(C)c3)C2)cc1OC. The Morgan fingerprint density at radius 1 is 1.10 bits per heavy atom. The summed E-state index contributed by atoms with van der Waals surface area (Å²) in [4.78, 5) is 23.7. The molecular formula is C23H26N2O5. The van der Waals surface area contributed by atoms with Gasteiger partial charge in [0.05, 0.1) is 26.0 Å². The third-order valence-electron chi connectivity index (χ3n) is 5.09. The normalized spacial score (nSPS) is 15.6. The summed E-state index contributed by atoms with van der Waals surface area (Å²) in [5.74, 6) is 0.125. The number of carboxylic acid groups (broad SMARTS) is 1. The summed E-state index contributed by atoms with van der Waals surface area (Å²) < 4.78 is 10.7. The maximum absolute atomic E-state index is 12.9. The minimum absolute atomic E-state index is 0.0407. The van der Waals surface area contributed by atoms with Gasteiger partial charge in [0.15, 0.2) is 11.5 Å². The Morgan fingerprint density at radius 2 is 1.87 bits per heavy atom. The average molecular weight is 410 g/mol. The molecule has 0 saturated carbocycles. The van der Waals surface area contributed by atoms with Crippen molar-refractivity contribution in [2.24, 2.45) is 5.10 Å². The van der Waals surface area contributed by atoms with E-state index in [2.05, 4.69) is 11.2 Å². The Kier molecular flexibility index (Phi) is 6.72. The van der Waals surface area contributed by atoms with Gasteiger partial charge in [0.1, 0.15) is 0 Å². The molecule has 0 saturated heterocycles. The number of amides is 1. The van der Waals surface area contributed by atoms with Crippen molar-refractivity contribution < 1.29 is 24.2 Å². The number of hydrogen-bond donors (Lipinski definition) is 1. The van der Waals surface area contributed by atoms with Crippen molar-refractivity contribution in [1.82, 2.24) is 5.01 Å². The lowest BCUT2D eigenvalue weighted by molar-refractivity contribution is -0.137. The number of benzene rings is 2. The molecule has 7 heteroatoms. The number of ether oxygens (including phenoxy) is 2. The lowest BCUT2D eigenvalue weighted by Gasteiger charge is -2.22. The highest BCUT2D eigenvalue weighted by Crippen LogP contribution is 2.36. The molecule has 30 heavy (non-hydrogen) atoms. The molecule has 1 aliphatic heterocycles. The molecule has 1 N–H and O–H groups in total. The minimum atomic E-state index is -0.908. The standard InChI is InChI=1S/C23H26N2O5/c1-15-6-4-7-17(12-15)19-14-18(16-10-11-20(29-2)21(13-16)30-3)24-25(19)22(26)8-5-9-23(27)28/h4,6-7,10-13,19H,5,8-9,14H2,1-3H3,(H,27,28)/t19-/m0/s1. The van der Waals surface area contributed by atoms with E-state index in [0.29, 0.717) is 17.9 Å². The Hall–Kier alpha value is -3.35. The molecule has 2 aromatic carbocycles. The summed E-state index contributed by atoms with van der Waals surface area (Å²) in [6.45, 7) is 2.01. The van der Waals surface area contributed by atoms with Gasteiger partial charge < -0.3 is 14.6 Å². The zero-order chi connectivity index (χ0) is 21.7. The highest BCUT2D eigenvalue weighted by Gasteiger charge is 2.33. The molecule has 3 rings (SSSR count). The summed E-state index contributed by atoms with van der Waals surface area (Å²) in [7, 11) is 3.15. The zero-order valence-corrected chi connectivity index (χ0v) is 17.4. The molecule has 0 aromatic heterocycles. The summed E-state index contributed by atoms with van der Waals surface area (Å²) in [5, 5.41) is 15.0. The van der Waals surface area contributed by atoms with Gasteiger partial charge in [-0.2, -0.15) is 5.10 Å². The number of carboxylic acids is 1. The first kappa shape index (κ1) is 21.4. The van der Waals surface area contributed by atoms with Gasteiger partial charge in [0, 0.05) is 24.8 Å². The second-order valence-electron chi connectivity index (χ2n) is 7.24. The van der Waals surface area contributed by atoms with Gasteiger partial charge in [-0.15, -0.1) is 0 Å². The number of methoxy groups -OCH3 is 2. The molecular weight excluding hydrogens is 384 g/mol. The Morgan fingerprint density at radius 3 is 2.53 bits per heavy atom. The van der Waals surface area contributed by atoms with Crippen LogP contribution in [0.1, 0.15) is 48.4 Å². The van der Waals surface area contributed by atoms with E-state index < -0.39 is 5.97 Å². The average Bonchev–Trinajstić information content (AvgIpc) is 3.18. The summed E-state index contributed by atoms with van der Waals surface area (Å²) in [6.07, 6.45) is 0.939. The number of aliphatic carboxylic acids is 1. The van der Waals surface area contributed by atoms with Gasteiger partial charge in [-0.1, -0.05) is 29.8 Å². The van der Waals surface area contributed by atoms with Crippen LogP contribution < -0.4 is 9.47 Å². The van der Waals surface area contributed by atoms with E-state index in [1.54, 1.807) is 14.2 Å². The van der Waals surface area contributed by atoms with Gasteiger partial charge in [0.2, 0.25) is 5.91 Å². The Balaban J connectivity index is 1.91. The molecule has 1 heterocycles. The van der Waals surface area contributed by atoms with Crippen molar-refractivity contribution in [3.8, 4) is 11.5 Å². The van der Waals surface area contributed by atoms with E-state index in [0.717, 1.165) is 22.4 Å². The highest BCUT2D eigenvalue weighted by atomic mass is 16.5. The van der Waals surface area contributed by atoms with Crippen LogP contribution >= 0.6 is 0 Å². The van der Waals surface area contributed by atoms with Crippen LogP contribution in [0.4, 0.5) is 0 Å². The van der Waals surface area contributed by atoms with Gasteiger partial charge in [-0.25, -0.2) is 5.01 Å². The van der Waals surface area contributed by atoms with Crippen LogP contribution in [0.2, 0.25) is 0 Å². The molecule has 0 aliphatic carbocycles. The van der Waals surface area contributed by atoms with Crippen LogP contribution in [0.3, 0.4) is 0 Å². The van der Waals surface area contributed by atoms with Gasteiger partial charge in [0.25, 0.3) is 0 Å². The predicted octanol–water partition coefficient (Wildman–Crippen LogP) is 3.94. The first-order chi connectivity index (χ1) is 14.4. The van der Waals surface area contributed by atoms with Crippen molar-refractivity contribution in [1.29, 1.82) is 0 Å². The minimum Gasteiger partial charge on any atom is -0.493 e. The monoisotopic (exact) mass is 410 g/mol. The van der Waals surface area contributed by atoms with Crippen molar-refractivity contribution in [2.75, 3.05) is 14.2 Å². The number of hydrazone groups is 1. The van der Waals surface area contributed by atoms with Gasteiger partial charge >= 0.3 is 5.97 Å². The van der Waals surface area contributed by atoms with Crippen LogP contribution in [-0.4, -0.2) is 41.9 Å². The first-order valence-corrected chi connectivity index (χ1v) is 9.83. The van der Waals surface area contributed by atoms with E-state index in [4.69, 9.17) is 14.6 Å². The molecule has 1 amide bonds. The number of carbonyl (C=O) groups excluding carboxylic acids is 1. The third kappa shape index (κ3) is 4.79. The third-order valence-corrected chi connectivity index (χ3v) is 5.09. The molecule has 0 unspecified atom stereocenters. The maximum atomic E-state index is 12.9. The largest absolute Gasteiger partial charge is 0.493 e. The predicted molar refractivity (Wildman–Crippen MR) is 113 cm³/mol. The number of aryl methyl sites for hydroxylation is 1. The summed E-state index contributed by atoms with van der Waals surface area (Å²) in [6, 6.07) is 13.3. The Labute approximate surface area is 175 Å². The lowest BCUT2D eigenvalue weighted by Crippen LogP contribution is -2.27. The fraction of sp³-hybridized carbons (Fsp3) is 0.348. The molecule has 1 atom stereocenters. The van der Waals surface area contributed by atoms with E-state index in [1.165, 1.54) is 5.01 Å². The second-order valence-corrected chi connectivity index (χ2v) is 7.24. The van der Waals surface area contributed by atoms with Crippen LogP contribution in [0.5, 0.6) is 11.5 Å². The fourth-order valence-corrected chi connectivity index (χ4v) is 3.57. The topological polar surface area (TPSA) is 88.4 Å². The summed E-state index contributed by atoms with van der Waals surface area (Å²) >= 11 is 0. The molecule has 2 aromatic rings. The number of rotatable bonds is 8. The molecule has 158 valence electrons. The molecule has 7 nitrogen and oxygen atoms in total. The molecule has 0 radical (unpaired) electrons. The van der Waals surface area contributed by atoms with E-state index >= 15 is 0 Å². The van der Waals surface area contributed by atoms with E-state index in [9.17, 15) is 9.59 Å². The van der Waals surface area contributed by atoms with Crippen molar-refractivity contribution >= 4 is 17.6 Å². The second kappa shape index (κ2) is 9.43. The quantitative estimate of drug-likeness (QED) is 0.712. The highest BCUT2D eigenvalue weighted by molar-refractivity contribution is 6.03. The van der Waals surface area contributed by atoms with Crippen molar-refractivity contribution in [3.63, 3.8) is 0 Å². The summed E-state index contributed by atoms with van der Waals surface area (Å²) in [5.41, 5.74) is 3.73. The van der Waals surface area contributed by atoms with Crippen LogP contribution in [0, 0.1) is 6.92 Å². The smallest absolute Gasteiger partial charge is 0.303 e. The fourth-order valence-electron chi connectivity index (χ4n) is 3.57. The number of nitrogens with zero attached hydrogens (tertiary/aromatic N) is 2. The van der Waals surface area contributed by atoms with Gasteiger partial charge in [-0.05, 0) is 37.1 Å². The Bertz CT molecular complexity index is 970. The van der Waals surface area contributed by atoms with Gasteiger partial charge in [-0.3, -0.25) is 9.59 Å². The molecule has 0 fully saturated rings. The maximum Gasteiger partial charge on any atom is 0.303 e. The van der Waals surface area contributed by atoms with Crippen LogP contribution in [0.15, 0.2) is 47.6 Å². The molecule has 1 aliphatic rings.